The standard InChI is InChI=1S/C9H16N4O2/c1-7(2)14-3-4-15-9-5-8(13-10)11-6-12-9/h5-7H,3-4,10H2,1-2H3,(H,11,12,13). The molecule has 0 spiro atoms. The molecule has 0 aliphatic heterocycles. The zero-order valence-corrected chi connectivity index (χ0v) is 8.93. The zero-order valence-electron chi connectivity index (χ0n) is 8.93. The molecule has 0 aliphatic rings. The topological polar surface area (TPSA) is 82.3 Å². The lowest BCUT2D eigenvalue weighted by atomic mass is 10.5. The molecular weight excluding hydrogens is 196 g/mol. The van der Waals surface area contributed by atoms with Crippen LogP contribution in [0.3, 0.4) is 0 Å². The normalized spacial score (nSPS) is 10.4. The summed E-state index contributed by atoms with van der Waals surface area (Å²) in [4.78, 5) is 7.78. The Kier molecular flexibility index (Phi) is 4.79. The molecule has 1 aromatic heterocycles. The van der Waals surface area contributed by atoms with Crippen molar-refractivity contribution in [3.8, 4) is 5.88 Å². The van der Waals surface area contributed by atoms with E-state index in [-0.39, 0.29) is 6.10 Å². The molecular formula is C9H16N4O2. The van der Waals surface area contributed by atoms with Gasteiger partial charge >= 0.3 is 0 Å². The molecule has 3 N–H and O–H groups in total. The highest BCUT2D eigenvalue weighted by atomic mass is 16.5. The first-order valence-electron chi connectivity index (χ1n) is 4.75. The average Bonchev–Trinajstić information content (AvgIpc) is 2.24. The number of nitrogens with two attached hydrogens (primary N) is 1. The van der Waals surface area contributed by atoms with E-state index in [4.69, 9.17) is 15.3 Å². The van der Waals surface area contributed by atoms with Crippen LogP contribution in [0.15, 0.2) is 12.4 Å². The second-order valence-electron chi connectivity index (χ2n) is 3.15. The van der Waals surface area contributed by atoms with E-state index >= 15 is 0 Å². The highest BCUT2D eigenvalue weighted by Gasteiger charge is 1.98. The number of anilines is 1. The van der Waals surface area contributed by atoms with Crippen LogP contribution in [0.4, 0.5) is 5.82 Å². The van der Waals surface area contributed by atoms with E-state index in [0.717, 1.165) is 0 Å². The molecule has 1 aromatic rings. The number of hydrogen-bond donors (Lipinski definition) is 2. The molecule has 1 rings (SSSR count). The fraction of sp³-hybridized carbons (Fsp3) is 0.556. The molecule has 0 aliphatic carbocycles. The van der Waals surface area contributed by atoms with Crippen LogP contribution in [0.25, 0.3) is 0 Å². The van der Waals surface area contributed by atoms with Crippen LogP contribution >= 0.6 is 0 Å². The quantitative estimate of drug-likeness (QED) is 0.407. The van der Waals surface area contributed by atoms with Crippen LogP contribution in [0, 0.1) is 0 Å². The van der Waals surface area contributed by atoms with Crippen LogP contribution in [0.1, 0.15) is 13.8 Å². The van der Waals surface area contributed by atoms with Gasteiger partial charge in [-0.3, -0.25) is 0 Å². The van der Waals surface area contributed by atoms with E-state index < -0.39 is 0 Å². The largest absolute Gasteiger partial charge is 0.475 e. The Labute approximate surface area is 88.8 Å². The molecule has 0 saturated heterocycles. The van der Waals surface area contributed by atoms with E-state index in [1.165, 1.54) is 6.33 Å². The molecule has 6 nitrogen and oxygen atoms in total. The molecule has 0 atom stereocenters. The fourth-order valence-electron chi connectivity index (χ4n) is 0.927. The molecule has 0 fully saturated rings. The van der Waals surface area contributed by atoms with Crippen molar-refractivity contribution in [2.75, 3.05) is 18.6 Å². The number of nitrogens with zero attached hydrogens (tertiary/aromatic N) is 2. The number of ether oxygens (including phenoxy) is 2. The van der Waals surface area contributed by atoms with E-state index in [1.807, 2.05) is 13.8 Å². The summed E-state index contributed by atoms with van der Waals surface area (Å²) in [5, 5.41) is 0. The number of rotatable bonds is 6. The van der Waals surface area contributed by atoms with Gasteiger partial charge in [0.15, 0.2) is 0 Å². The molecule has 15 heavy (non-hydrogen) atoms. The summed E-state index contributed by atoms with van der Waals surface area (Å²) in [7, 11) is 0. The van der Waals surface area contributed by atoms with Crippen LogP contribution in [0.2, 0.25) is 0 Å². The second-order valence-corrected chi connectivity index (χ2v) is 3.15. The summed E-state index contributed by atoms with van der Waals surface area (Å²) in [6.45, 7) is 4.94. The van der Waals surface area contributed by atoms with Gasteiger partial charge in [0.1, 0.15) is 18.8 Å². The lowest BCUT2D eigenvalue weighted by molar-refractivity contribution is 0.0542. The highest BCUT2D eigenvalue weighted by molar-refractivity contribution is 5.35. The summed E-state index contributed by atoms with van der Waals surface area (Å²) in [6, 6.07) is 1.62. The van der Waals surface area contributed by atoms with Crippen LogP contribution in [-0.4, -0.2) is 29.3 Å². The highest BCUT2D eigenvalue weighted by Crippen LogP contribution is 2.09. The molecule has 6 heteroatoms. The van der Waals surface area contributed by atoms with Gasteiger partial charge in [-0.1, -0.05) is 0 Å². The Morgan fingerprint density at radius 1 is 1.40 bits per heavy atom. The van der Waals surface area contributed by atoms with Crippen molar-refractivity contribution in [2.45, 2.75) is 20.0 Å². The van der Waals surface area contributed by atoms with Gasteiger partial charge in [0.25, 0.3) is 0 Å². The lowest BCUT2D eigenvalue weighted by Crippen LogP contribution is -2.13. The van der Waals surface area contributed by atoms with Crippen LogP contribution in [-0.2, 0) is 4.74 Å². The van der Waals surface area contributed by atoms with Crippen LogP contribution in [0.5, 0.6) is 5.88 Å². The van der Waals surface area contributed by atoms with E-state index in [9.17, 15) is 0 Å². The van der Waals surface area contributed by atoms with Gasteiger partial charge in [0, 0.05) is 6.07 Å². The Bertz CT molecular complexity index is 293. The Morgan fingerprint density at radius 2 is 2.20 bits per heavy atom. The maximum Gasteiger partial charge on any atom is 0.218 e. The van der Waals surface area contributed by atoms with E-state index in [2.05, 4.69) is 15.4 Å². The summed E-state index contributed by atoms with van der Waals surface area (Å²) >= 11 is 0. The van der Waals surface area contributed by atoms with Gasteiger partial charge in [0.2, 0.25) is 5.88 Å². The number of hydrogen-bond acceptors (Lipinski definition) is 6. The first-order chi connectivity index (χ1) is 7.22. The molecule has 0 bridgehead atoms. The minimum Gasteiger partial charge on any atom is -0.475 e. The van der Waals surface area contributed by atoms with Crippen molar-refractivity contribution in [2.24, 2.45) is 5.84 Å². The first-order valence-corrected chi connectivity index (χ1v) is 4.75. The molecule has 0 amide bonds. The zero-order chi connectivity index (χ0) is 11.1. The molecule has 0 radical (unpaired) electrons. The molecule has 0 saturated carbocycles. The molecule has 0 unspecified atom stereocenters. The lowest BCUT2D eigenvalue weighted by Gasteiger charge is -2.08. The maximum absolute atomic E-state index is 5.33. The van der Waals surface area contributed by atoms with Gasteiger partial charge in [-0.15, -0.1) is 0 Å². The van der Waals surface area contributed by atoms with Crippen molar-refractivity contribution in [3.05, 3.63) is 12.4 Å². The number of nitrogens with one attached hydrogen (secondary N) is 1. The number of aromatic nitrogens is 2. The summed E-state index contributed by atoms with van der Waals surface area (Å²) in [5.41, 5.74) is 2.41. The number of hydrazine groups is 1. The molecule has 1 heterocycles. The Hall–Kier alpha value is -1.40. The second kappa shape index (κ2) is 6.15. The number of nitrogen functional groups attached to an aromatic ring is 1. The summed E-state index contributed by atoms with van der Waals surface area (Å²) in [5.74, 6) is 6.19. The third-order valence-corrected chi connectivity index (χ3v) is 1.57. The monoisotopic (exact) mass is 212 g/mol. The fourth-order valence-corrected chi connectivity index (χ4v) is 0.927. The van der Waals surface area contributed by atoms with Crippen LogP contribution < -0.4 is 16.0 Å². The van der Waals surface area contributed by atoms with Gasteiger partial charge < -0.3 is 14.9 Å². The van der Waals surface area contributed by atoms with Crippen molar-refractivity contribution < 1.29 is 9.47 Å². The summed E-state index contributed by atoms with van der Waals surface area (Å²) in [6.07, 6.45) is 1.59. The van der Waals surface area contributed by atoms with Crippen molar-refractivity contribution in [3.63, 3.8) is 0 Å². The third-order valence-electron chi connectivity index (χ3n) is 1.57. The summed E-state index contributed by atoms with van der Waals surface area (Å²) < 4.78 is 10.6. The molecule has 0 aromatic carbocycles. The molecule has 84 valence electrons. The van der Waals surface area contributed by atoms with Gasteiger partial charge in [-0.25, -0.2) is 15.8 Å². The van der Waals surface area contributed by atoms with E-state index in [1.54, 1.807) is 6.07 Å². The van der Waals surface area contributed by atoms with Gasteiger partial charge in [0.05, 0.1) is 12.7 Å². The average molecular weight is 212 g/mol. The van der Waals surface area contributed by atoms with Crippen molar-refractivity contribution in [1.82, 2.24) is 9.97 Å². The van der Waals surface area contributed by atoms with Gasteiger partial charge in [-0.05, 0) is 13.8 Å². The van der Waals surface area contributed by atoms with Crippen molar-refractivity contribution >= 4 is 5.82 Å². The Morgan fingerprint density at radius 3 is 2.87 bits per heavy atom. The van der Waals surface area contributed by atoms with Crippen molar-refractivity contribution in [1.29, 1.82) is 0 Å². The smallest absolute Gasteiger partial charge is 0.218 e. The first kappa shape index (κ1) is 11.7. The SMILES string of the molecule is CC(C)OCCOc1cc(NN)ncn1. The van der Waals surface area contributed by atoms with Gasteiger partial charge in [-0.2, -0.15) is 0 Å². The minimum absolute atomic E-state index is 0.209. The predicted molar refractivity (Wildman–Crippen MR) is 56.4 cm³/mol. The minimum atomic E-state index is 0.209. The predicted octanol–water partition coefficient (Wildman–Crippen LogP) is 0.566. The Balaban J connectivity index is 2.30. The van der Waals surface area contributed by atoms with E-state index in [0.29, 0.717) is 24.9 Å². The maximum atomic E-state index is 5.33. The third kappa shape index (κ3) is 4.57.